The molecule has 23 heavy (non-hydrogen) atoms. The van der Waals surface area contributed by atoms with Crippen LogP contribution in [0, 0.1) is 23.7 Å². The molecule has 130 valence electrons. The topological polar surface area (TPSA) is 55.8 Å². The highest BCUT2D eigenvalue weighted by Gasteiger charge is 2.68. The summed E-state index contributed by atoms with van der Waals surface area (Å²) in [7, 11) is 1.22. The first-order valence-electron chi connectivity index (χ1n) is 8.00. The standard InChI is InChI=1S/C16H23F2NO4/c1-15(2,3)23-14(21)19-7-9-8-5-10(16(17,18)6-8)11(9)12(19)13(20)22-4/h8-12H,5-7H2,1-4H3/t8-,9+,10-,11+,12-/m0/s1. The third-order valence-electron chi connectivity index (χ3n) is 5.38. The smallest absolute Gasteiger partial charge is 0.411 e. The fraction of sp³-hybridized carbons (Fsp3) is 0.875. The van der Waals surface area contributed by atoms with Crippen LogP contribution in [0.5, 0.6) is 0 Å². The number of fused-ring (bicyclic) bond motifs is 5. The third kappa shape index (κ3) is 2.58. The van der Waals surface area contributed by atoms with Crippen LogP contribution in [0.3, 0.4) is 0 Å². The van der Waals surface area contributed by atoms with Gasteiger partial charge in [-0.3, -0.25) is 4.90 Å². The van der Waals surface area contributed by atoms with E-state index in [-0.39, 0.29) is 24.8 Å². The number of nitrogens with zero attached hydrogens (tertiary/aromatic N) is 1. The summed E-state index contributed by atoms with van der Waals surface area (Å²) in [5, 5.41) is 0. The number of esters is 1. The van der Waals surface area contributed by atoms with E-state index >= 15 is 0 Å². The molecule has 3 aliphatic rings. The Hall–Kier alpha value is -1.40. The normalized spacial score (nSPS) is 37.7. The van der Waals surface area contributed by atoms with Crippen LogP contribution in [-0.4, -0.2) is 48.2 Å². The van der Waals surface area contributed by atoms with Crippen molar-refractivity contribution in [3.8, 4) is 0 Å². The Labute approximate surface area is 134 Å². The summed E-state index contributed by atoms with van der Waals surface area (Å²) < 4.78 is 38.4. The van der Waals surface area contributed by atoms with Crippen LogP contribution in [0.4, 0.5) is 13.6 Å². The number of likely N-dealkylation sites (tertiary alicyclic amines) is 1. The highest BCUT2D eigenvalue weighted by molar-refractivity contribution is 5.83. The number of hydrogen-bond donors (Lipinski definition) is 0. The number of carbonyl (C=O) groups excluding carboxylic acids is 2. The quantitative estimate of drug-likeness (QED) is 0.693. The SMILES string of the molecule is COC(=O)[C@@H]1[C@@H]2[C@H](CN1C(=O)OC(C)(C)C)[C@H]1C[C@@H]2C(F)(F)C1. The maximum atomic E-state index is 14.1. The Morgan fingerprint density at radius 1 is 1.26 bits per heavy atom. The molecular formula is C16H23F2NO4. The molecule has 1 amide bonds. The molecule has 0 N–H and O–H groups in total. The molecule has 0 aromatic heterocycles. The van der Waals surface area contributed by atoms with Crippen LogP contribution in [0.2, 0.25) is 0 Å². The van der Waals surface area contributed by atoms with E-state index < -0.39 is 41.5 Å². The second-order valence-corrected chi connectivity index (χ2v) is 7.91. The molecule has 5 nitrogen and oxygen atoms in total. The Morgan fingerprint density at radius 3 is 2.48 bits per heavy atom. The molecule has 0 radical (unpaired) electrons. The van der Waals surface area contributed by atoms with Gasteiger partial charge in [0.25, 0.3) is 5.92 Å². The number of halogens is 2. The van der Waals surface area contributed by atoms with E-state index in [0.717, 1.165) is 0 Å². The fourth-order valence-corrected chi connectivity index (χ4v) is 4.65. The molecule has 1 aliphatic heterocycles. The maximum absolute atomic E-state index is 14.1. The van der Waals surface area contributed by atoms with Crippen LogP contribution in [0.15, 0.2) is 0 Å². The first-order valence-corrected chi connectivity index (χ1v) is 8.00. The Bertz CT molecular complexity index is 531. The van der Waals surface area contributed by atoms with Gasteiger partial charge in [0.2, 0.25) is 0 Å². The van der Waals surface area contributed by atoms with E-state index in [1.165, 1.54) is 12.0 Å². The van der Waals surface area contributed by atoms with E-state index in [2.05, 4.69) is 0 Å². The van der Waals surface area contributed by atoms with Gasteiger partial charge in [-0.15, -0.1) is 0 Å². The zero-order valence-corrected chi connectivity index (χ0v) is 13.8. The van der Waals surface area contributed by atoms with Gasteiger partial charge in [-0.25, -0.2) is 18.4 Å². The van der Waals surface area contributed by atoms with Crippen molar-refractivity contribution in [3.63, 3.8) is 0 Å². The van der Waals surface area contributed by atoms with E-state index in [1.54, 1.807) is 20.8 Å². The van der Waals surface area contributed by atoms with Gasteiger partial charge in [0.15, 0.2) is 0 Å². The number of ether oxygens (including phenoxy) is 2. The largest absolute Gasteiger partial charge is 0.467 e. The van der Waals surface area contributed by atoms with Crippen LogP contribution in [-0.2, 0) is 14.3 Å². The lowest BCUT2D eigenvalue weighted by Crippen LogP contribution is -2.48. The summed E-state index contributed by atoms with van der Waals surface area (Å²) >= 11 is 0. The van der Waals surface area contributed by atoms with Crippen LogP contribution >= 0.6 is 0 Å². The van der Waals surface area contributed by atoms with Crippen molar-refractivity contribution in [2.45, 2.75) is 51.2 Å². The van der Waals surface area contributed by atoms with Crippen molar-refractivity contribution in [1.82, 2.24) is 4.90 Å². The molecule has 0 aromatic rings. The monoisotopic (exact) mass is 331 g/mol. The molecule has 2 saturated carbocycles. The van der Waals surface area contributed by atoms with Crippen molar-refractivity contribution in [2.75, 3.05) is 13.7 Å². The first kappa shape index (κ1) is 16.5. The summed E-state index contributed by atoms with van der Waals surface area (Å²) in [4.78, 5) is 25.9. The molecule has 3 fully saturated rings. The highest BCUT2D eigenvalue weighted by Crippen LogP contribution is 2.63. The molecule has 2 aliphatic carbocycles. The van der Waals surface area contributed by atoms with Crippen molar-refractivity contribution in [1.29, 1.82) is 0 Å². The first-order chi connectivity index (χ1) is 10.5. The van der Waals surface area contributed by atoms with Crippen molar-refractivity contribution in [2.24, 2.45) is 23.7 Å². The molecule has 1 saturated heterocycles. The summed E-state index contributed by atoms with van der Waals surface area (Å²) in [5.74, 6) is -5.00. The average molecular weight is 331 g/mol. The second kappa shape index (κ2) is 5.05. The van der Waals surface area contributed by atoms with Crippen molar-refractivity contribution in [3.05, 3.63) is 0 Å². The second-order valence-electron chi connectivity index (χ2n) is 7.91. The summed E-state index contributed by atoms with van der Waals surface area (Å²) in [6.45, 7) is 5.48. The van der Waals surface area contributed by atoms with Gasteiger partial charge >= 0.3 is 12.1 Å². The lowest BCUT2D eigenvalue weighted by Gasteiger charge is -2.33. The molecule has 2 bridgehead atoms. The Balaban J connectivity index is 1.88. The molecule has 1 heterocycles. The Kier molecular flexibility index (Phi) is 3.61. The van der Waals surface area contributed by atoms with Gasteiger partial charge in [-0.05, 0) is 39.0 Å². The minimum absolute atomic E-state index is 0.0729. The number of rotatable bonds is 1. The lowest BCUT2D eigenvalue weighted by molar-refractivity contribution is -0.150. The van der Waals surface area contributed by atoms with Gasteiger partial charge in [-0.2, -0.15) is 0 Å². The highest BCUT2D eigenvalue weighted by atomic mass is 19.3. The fourth-order valence-electron chi connectivity index (χ4n) is 4.65. The number of alkyl halides is 2. The van der Waals surface area contributed by atoms with Gasteiger partial charge < -0.3 is 9.47 Å². The minimum Gasteiger partial charge on any atom is -0.467 e. The molecule has 7 heteroatoms. The zero-order valence-electron chi connectivity index (χ0n) is 13.8. The number of carbonyl (C=O) groups is 2. The zero-order chi connectivity index (χ0) is 17.2. The van der Waals surface area contributed by atoms with Gasteiger partial charge in [0.05, 0.1) is 7.11 Å². The predicted molar refractivity (Wildman–Crippen MR) is 76.9 cm³/mol. The third-order valence-corrected chi connectivity index (χ3v) is 5.38. The number of methoxy groups -OCH3 is 1. The molecule has 5 atom stereocenters. The Morgan fingerprint density at radius 2 is 1.91 bits per heavy atom. The molecular weight excluding hydrogens is 308 g/mol. The van der Waals surface area contributed by atoms with Crippen LogP contribution in [0.25, 0.3) is 0 Å². The van der Waals surface area contributed by atoms with Gasteiger partial charge in [0, 0.05) is 24.8 Å². The van der Waals surface area contributed by atoms with Gasteiger partial charge in [-0.1, -0.05) is 0 Å². The number of amides is 1. The van der Waals surface area contributed by atoms with Gasteiger partial charge in [0.1, 0.15) is 11.6 Å². The predicted octanol–water partition coefficient (Wildman–Crippen LogP) is 2.69. The van der Waals surface area contributed by atoms with Crippen LogP contribution in [0.1, 0.15) is 33.6 Å². The minimum atomic E-state index is -2.76. The lowest BCUT2D eigenvalue weighted by atomic mass is 9.76. The summed E-state index contributed by atoms with van der Waals surface area (Å²) in [6, 6.07) is -0.971. The van der Waals surface area contributed by atoms with E-state index in [4.69, 9.17) is 9.47 Å². The molecule has 0 aromatic carbocycles. The van der Waals surface area contributed by atoms with Crippen LogP contribution < -0.4 is 0 Å². The molecule has 3 rings (SSSR count). The van der Waals surface area contributed by atoms with Crippen molar-refractivity contribution >= 4 is 12.1 Å². The summed E-state index contributed by atoms with van der Waals surface area (Å²) in [5.41, 5.74) is -0.710. The maximum Gasteiger partial charge on any atom is 0.411 e. The van der Waals surface area contributed by atoms with E-state index in [1.807, 2.05) is 0 Å². The molecule has 0 unspecified atom stereocenters. The van der Waals surface area contributed by atoms with E-state index in [9.17, 15) is 18.4 Å². The number of hydrogen-bond acceptors (Lipinski definition) is 4. The van der Waals surface area contributed by atoms with Crippen molar-refractivity contribution < 1.29 is 27.8 Å². The summed E-state index contributed by atoms with van der Waals surface area (Å²) in [6.07, 6.45) is -0.350. The van der Waals surface area contributed by atoms with E-state index in [0.29, 0.717) is 6.42 Å². The molecule has 0 spiro atoms. The average Bonchev–Trinajstić information content (AvgIpc) is 3.02.